The van der Waals surface area contributed by atoms with Crippen molar-refractivity contribution in [3.63, 3.8) is 0 Å². The fourth-order valence-electron chi connectivity index (χ4n) is 1.39. The van der Waals surface area contributed by atoms with Crippen LogP contribution >= 0.6 is 27.5 Å². The summed E-state index contributed by atoms with van der Waals surface area (Å²) >= 11 is 8.84. The first-order chi connectivity index (χ1) is 9.47. The van der Waals surface area contributed by atoms with Crippen LogP contribution < -0.4 is 5.32 Å². The van der Waals surface area contributed by atoms with Gasteiger partial charge in [-0.3, -0.25) is 9.78 Å². The second-order valence-corrected chi connectivity index (χ2v) is 4.92. The van der Waals surface area contributed by atoms with E-state index >= 15 is 0 Å². The van der Waals surface area contributed by atoms with Crippen molar-refractivity contribution in [3.8, 4) is 0 Å². The predicted molar refractivity (Wildman–Crippen MR) is 76.1 cm³/mol. The lowest BCUT2D eigenvalue weighted by atomic mass is 10.2. The quantitative estimate of drug-likeness (QED) is 0.882. The minimum absolute atomic E-state index is 0.0618. The van der Waals surface area contributed by atoms with Crippen molar-refractivity contribution in [2.24, 2.45) is 0 Å². The molecule has 1 amide bonds. The van der Waals surface area contributed by atoms with Crippen LogP contribution in [0.4, 0.5) is 5.69 Å². The van der Waals surface area contributed by atoms with Crippen LogP contribution in [0.2, 0.25) is 5.15 Å². The molecule has 20 heavy (non-hydrogen) atoms. The molecule has 1 aromatic carbocycles. The van der Waals surface area contributed by atoms with Gasteiger partial charge in [0, 0.05) is 4.47 Å². The van der Waals surface area contributed by atoms with Crippen molar-refractivity contribution in [1.82, 2.24) is 9.97 Å². The molecule has 0 atom stereocenters. The summed E-state index contributed by atoms with van der Waals surface area (Å²) in [4.78, 5) is 30.3. The van der Waals surface area contributed by atoms with Crippen LogP contribution in [0, 0.1) is 0 Å². The Labute approximate surface area is 126 Å². The number of carbonyl (C=O) groups excluding carboxylic acids is 1. The first-order valence-corrected chi connectivity index (χ1v) is 6.46. The second kappa shape index (κ2) is 5.98. The number of benzene rings is 1. The zero-order chi connectivity index (χ0) is 14.7. The molecule has 0 bridgehead atoms. The number of aromatic carboxylic acids is 1. The highest BCUT2D eigenvalue weighted by Gasteiger charge is 2.12. The maximum Gasteiger partial charge on any atom is 0.335 e. The van der Waals surface area contributed by atoms with E-state index < -0.39 is 11.9 Å². The molecule has 2 N–H and O–H groups in total. The Kier molecular flexibility index (Phi) is 4.31. The third kappa shape index (κ3) is 3.31. The molecule has 0 spiro atoms. The first kappa shape index (κ1) is 14.4. The molecule has 0 aliphatic rings. The number of halogens is 2. The molecule has 102 valence electrons. The molecule has 2 rings (SSSR count). The van der Waals surface area contributed by atoms with E-state index in [4.69, 9.17) is 16.7 Å². The van der Waals surface area contributed by atoms with E-state index in [1.54, 1.807) is 0 Å². The minimum atomic E-state index is -1.05. The smallest absolute Gasteiger partial charge is 0.335 e. The van der Waals surface area contributed by atoms with Crippen LogP contribution in [-0.4, -0.2) is 27.0 Å². The summed E-state index contributed by atoms with van der Waals surface area (Å²) in [5.74, 6) is -1.55. The highest BCUT2D eigenvalue weighted by atomic mass is 79.9. The standard InChI is InChI=1S/C12H7BrClN3O3/c13-7-3-6(12(19)20)1-2-8(7)17-11(18)9-4-15-5-10(14)16-9/h1-5H,(H,17,18)(H,19,20). The molecule has 0 fully saturated rings. The summed E-state index contributed by atoms with van der Waals surface area (Å²) in [7, 11) is 0. The van der Waals surface area contributed by atoms with Gasteiger partial charge in [-0.15, -0.1) is 0 Å². The van der Waals surface area contributed by atoms with Gasteiger partial charge in [0.15, 0.2) is 0 Å². The van der Waals surface area contributed by atoms with Crippen LogP contribution in [0.25, 0.3) is 0 Å². The highest BCUT2D eigenvalue weighted by molar-refractivity contribution is 9.10. The Balaban J connectivity index is 2.22. The second-order valence-electron chi connectivity index (χ2n) is 3.68. The summed E-state index contributed by atoms with van der Waals surface area (Å²) in [5, 5.41) is 11.5. The van der Waals surface area contributed by atoms with Crippen molar-refractivity contribution in [1.29, 1.82) is 0 Å². The number of carbonyl (C=O) groups is 2. The molecular weight excluding hydrogens is 350 g/mol. The number of aromatic nitrogens is 2. The number of hydrogen-bond acceptors (Lipinski definition) is 4. The topological polar surface area (TPSA) is 92.2 Å². The molecule has 2 aromatic rings. The Hall–Kier alpha value is -1.99. The first-order valence-electron chi connectivity index (χ1n) is 5.29. The minimum Gasteiger partial charge on any atom is -0.478 e. The zero-order valence-corrected chi connectivity index (χ0v) is 12.1. The van der Waals surface area contributed by atoms with Crippen LogP contribution in [0.15, 0.2) is 35.1 Å². The highest BCUT2D eigenvalue weighted by Crippen LogP contribution is 2.24. The Bertz CT molecular complexity index is 693. The van der Waals surface area contributed by atoms with Crippen LogP contribution in [0.5, 0.6) is 0 Å². The van der Waals surface area contributed by atoms with Gasteiger partial charge in [0.2, 0.25) is 0 Å². The average Bonchev–Trinajstić information content (AvgIpc) is 2.40. The van der Waals surface area contributed by atoms with Crippen molar-refractivity contribution >= 4 is 45.1 Å². The molecule has 0 aliphatic heterocycles. The Morgan fingerprint density at radius 1 is 1.30 bits per heavy atom. The van der Waals surface area contributed by atoms with E-state index in [1.165, 1.54) is 30.6 Å². The molecule has 0 unspecified atom stereocenters. The van der Waals surface area contributed by atoms with E-state index in [9.17, 15) is 9.59 Å². The molecule has 0 saturated heterocycles. The fraction of sp³-hybridized carbons (Fsp3) is 0. The SMILES string of the molecule is O=C(O)c1ccc(NC(=O)c2cncc(Cl)n2)c(Br)c1. The maximum atomic E-state index is 11.9. The molecule has 0 saturated carbocycles. The molecule has 8 heteroatoms. The summed E-state index contributed by atoms with van der Waals surface area (Å²) in [6.45, 7) is 0. The third-order valence-corrected chi connectivity index (χ3v) is 3.14. The van der Waals surface area contributed by atoms with Crippen LogP contribution in [0.3, 0.4) is 0 Å². The summed E-state index contributed by atoms with van der Waals surface area (Å²) in [6.07, 6.45) is 2.59. The summed E-state index contributed by atoms with van der Waals surface area (Å²) < 4.78 is 0.445. The van der Waals surface area contributed by atoms with Crippen molar-refractivity contribution < 1.29 is 14.7 Å². The van der Waals surface area contributed by atoms with Gasteiger partial charge in [0.1, 0.15) is 10.8 Å². The number of nitrogens with zero attached hydrogens (tertiary/aromatic N) is 2. The Morgan fingerprint density at radius 3 is 2.65 bits per heavy atom. The van der Waals surface area contributed by atoms with Crippen molar-refractivity contribution in [2.75, 3.05) is 5.32 Å². The van der Waals surface area contributed by atoms with Gasteiger partial charge in [-0.2, -0.15) is 0 Å². The lowest BCUT2D eigenvalue weighted by molar-refractivity contribution is 0.0696. The Morgan fingerprint density at radius 2 is 2.05 bits per heavy atom. The average molecular weight is 357 g/mol. The monoisotopic (exact) mass is 355 g/mol. The number of amides is 1. The van der Waals surface area contributed by atoms with E-state index in [0.29, 0.717) is 10.2 Å². The van der Waals surface area contributed by atoms with Gasteiger partial charge in [-0.05, 0) is 34.1 Å². The van der Waals surface area contributed by atoms with Gasteiger partial charge >= 0.3 is 5.97 Å². The van der Waals surface area contributed by atoms with E-state index in [2.05, 4.69) is 31.2 Å². The predicted octanol–water partition coefficient (Wildman–Crippen LogP) is 2.84. The van der Waals surface area contributed by atoms with Crippen LogP contribution in [-0.2, 0) is 0 Å². The lowest BCUT2D eigenvalue weighted by Crippen LogP contribution is -2.14. The number of carboxylic acids is 1. The van der Waals surface area contributed by atoms with E-state index in [0.717, 1.165) is 0 Å². The summed E-state index contributed by atoms with van der Waals surface area (Å²) in [6, 6.07) is 4.25. The number of carboxylic acid groups (broad SMARTS) is 1. The van der Waals surface area contributed by atoms with E-state index in [-0.39, 0.29) is 16.4 Å². The van der Waals surface area contributed by atoms with Crippen molar-refractivity contribution in [3.05, 3.63) is 51.5 Å². The van der Waals surface area contributed by atoms with Gasteiger partial charge in [0.05, 0.1) is 23.6 Å². The lowest BCUT2D eigenvalue weighted by Gasteiger charge is -2.07. The number of nitrogens with one attached hydrogen (secondary N) is 1. The van der Waals surface area contributed by atoms with Gasteiger partial charge in [-0.25, -0.2) is 9.78 Å². The number of anilines is 1. The van der Waals surface area contributed by atoms with Gasteiger partial charge in [0.25, 0.3) is 5.91 Å². The van der Waals surface area contributed by atoms with E-state index in [1.807, 2.05) is 0 Å². The molecule has 1 heterocycles. The van der Waals surface area contributed by atoms with Crippen molar-refractivity contribution in [2.45, 2.75) is 0 Å². The fourth-order valence-corrected chi connectivity index (χ4v) is 2.01. The largest absolute Gasteiger partial charge is 0.478 e. The number of hydrogen-bond donors (Lipinski definition) is 2. The van der Waals surface area contributed by atoms with Gasteiger partial charge in [-0.1, -0.05) is 11.6 Å². The molecule has 0 aliphatic carbocycles. The third-order valence-electron chi connectivity index (χ3n) is 2.30. The normalized spacial score (nSPS) is 10.1. The van der Waals surface area contributed by atoms with Gasteiger partial charge < -0.3 is 10.4 Å². The number of rotatable bonds is 3. The van der Waals surface area contributed by atoms with Crippen LogP contribution in [0.1, 0.15) is 20.8 Å². The molecule has 1 aromatic heterocycles. The maximum absolute atomic E-state index is 11.9. The molecular formula is C12H7BrClN3O3. The zero-order valence-electron chi connectivity index (χ0n) is 9.80. The molecule has 6 nitrogen and oxygen atoms in total. The molecule has 0 radical (unpaired) electrons. The summed E-state index contributed by atoms with van der Waals surface area (Å²) in [5.41, 5.74) is 0.589.